The molecule has 1 amide bonds. The lowest BCUT2D eigenvalue weighted by Crippen LogP contribution is -2.28. The van der Waals surface area contributed by atoms with Gasteiger partial charge in [-0.1, -0.05) is 54.1 Å². The molecule has 1 atom stereocenters. The number of hydrogen-bond donors (Lipinski definition) is 2. The van der Waals surface area contributed by atoms with Crippen LogP contribution in [0.3, 0.4) is 0 Å². The van der Waals surface area contributed by atoms with Gasteiger partial charge in [-0.25, -0.2) is 0 Å². The first-order chi connectivity index (χ1) is 18.6. The van der Waals surface area contributed by atoms with E-state index in [-0.39, 0.29) is 12.3 Å². The van der Waals surface area contributed by atoms with Crippen LogP contribution in [0.5, 0.6) is 0 Å². The number of hydrogen-bond acceptors (Lipinski definition) is 5. The number of nitrogens with one attached hydrogen (secondary N) is 1. The molecule has 9 heteroatoms. The van der Waals surface area contributed by atoms with Gasteiger partial charge in [0.2, 0.25) is 5.91 Å². The number of carbonyl (C=O) groups excluding carboxylic acids is 1. The molecule has 0 unspecified atom stereocenters. The van der Waals surface area contributed by atoms with Gasteiger partial charge in [0.1, 0.15) is 11.9 Å². The molecule has 4 aromatic rings. The molecule has 1 aliphatic heterocycles. The van der Waals surface area contributed by atoms with Crippen molar-refractivity contribution in [3.05, 3.63) is 100 Å². The Morgan fingerprint density at radius 1 is 1.03 bits per heavy atom. The zero-order valence-electron chi connectivity index (χ0n) is 22.6. The standard InChI is InChI=1S/C30H32ClN5O2Si/c1-5-32-28(37)17-26-30-35-34-19(2)36(30)27-14-11-23(22-8-6-7-20(15-22)18-39(3,4)38)16-25(27)29(33-26)21-9-12-24(31)13-10-21/h6-16,26,38H,5,17-18H2,1-4H3,(H,32,37)/t26-/m0/s1. The molecule has 2 N–H and O–H groups in total. The lowest BCUT2D eigenvalue weighted by molar-refractivity contribution is -0.121. The Morgan fingerprint density at radius 3 is 2.46 bits per heavy atom. The summed E-state index contributed by atoms with van der Waals surface area (Å²) in [7, 11) is -2.26. The van der Waals surface area contributed by atoms with Crippen molar-refractivity contribution < 1.29 is 9.59 Å². The van der Waals surface area contributed by atoms with Crippen LogP contribution in [0.1, 0.15) is 47.7 Å². The number of rotatable bonds is 7. The number of halogens is 1. The minimum Gasteiger partial charge on any atom is -0.432 e. The summed E-state index contributed by atoms with van der Waals surface area (Å²) in [5, 5.41) is 12.3. The second-order valence-corrected chi connectivity index (χ2v) is 14.9. The Hall–Kier alpha value is -3.59. The van der Waals surface area contributed by atoms with Gasteiger partial charge in [-0.2, -0.15) is 0 Å². The van der Waals surface area contributed by atoms with E-state index in [0.29, 0.717) is 23.4 Å². The molecule has 0 spiro atoms. The normalized spacial score (nSPS) is 14.7. The molecule has 0 bridgehead atoms. The number of benzene rings is 3. The molecule has 0 radical (unpaired) electrons. The summed E-state index contributed by atoms with van der Waals surface area (Å²) in [6.45, 7) is 8.26. The zero-order chi connectivity index (χ0) is 27.7. The zero-order valence-corrected chi connectivity index (χ0v) is 24.3. The second kappa shape index (κ2) is 10.9. The van der Waals surface area contributed by atoms with Crippen molar-refractivity contribution in [2.75, 3.05) is 6.54 Å². The lowest BCUT2D eigenvalue weighted by Gasteiger charge is -2.16. The summed E-state index contributed by atoms with van der Waals surface area (Å²) in [4.78, 5) is 28.3. The average Bonchev–Trinajstić information content (AvgIpc) is 3.21. The van der Waals surface area contributed by atoms with Gasteiger partial charge in [0.25, 0.3) is 0 Å². The van der Waals surface area contributed by atoms with E-state index >= 15 is 0 Å². The predicted molar refractivity (Wildman–Crippen MR) is 158 cm³/mol. The van der Waals surface area contributed by atoms with Gasteiger partial charge in [-0.3, -0.25) is 14.4 Å². The first kappa shape index (κ1) is 27.0. The van der Waals surface area contributed by atoms with E-state index in [1.54, 1.807) is 0 Å². The maximum atomic E-state index is 12.7. The van der Waals surface area contributed by atoms with Crippen LogP contribution in [0.2, 0.25) is 18.1 Å². The van der Waals surface area contributed by atoms with Crippen LogP contribution in [0.25, 0.3) is 16.8 Å². The van der Waals surface area contributed by atoms with Crippen LogP contribution in [0.15, 0.2) is 71.7 Å². The minimum atomic E-state index is -2.26. The second-order valence-electron chi connectivity index (χ2n) is 10.5. The third kappa shape index (κ3) is 5.88. The van der Waals surface area contributed by atoms with Gasteiger partial charge < -0.3 is 10.1 Å². The summed E-state index contributed by atoms with van der Waals surface area (Å²) >= 11 is 6.23. The van der Waals surface area contributed by atoms with E-state index in [9.17, 15) is 9.59 Å². The largest absolute Gasteiger partial charge is 0.432 e. The van der Waals surface area contributed by atoms with E-state index in [4.69, 9.17) is 16.6 Å². The highest BCUT2D eigenvalue weighted by molar-refractivity contribution is 6.69. The molecule has 1 aromatic heterocycles. The first-order valence-electron chi connectivity index (χ1n) is 13.1. The molecular weight excluding hydrogens is 526 g/mol. The van der Waals surface area contributed by atoms with Gasteiger partial charge in [-0.15, -0.1) is 10.2 Å². The molecular formula is C30H32ClN5O2Si. The van der Waals surface area contributed by atoms with Crippen molar-refractivity contribution in [2.24, 2.45) is 4.99 Å². The molecule has 200 valence electrons. The maximum absolute atomic E-state index is 12.7. The highest BCUT2D eigenvalue weighted by atomic mass is 35.5. The van der Waals surface area contributed by atoms with Crippen LogP contribution in [0.4, 0.5) is 0 Å². The minimum absolute atomic E-state index is 0.0901. The van der Waals surface area contributed by atoms with Crippen LogP contribution in [-0.2, 0) is 10.8 Å². The van der Waals surface area contributed by atoms with Crippen LogP contribution in [0, 0.1) is 6.92 Å². The Balaban J connectivity index is 1.70. The smallest absolute Gasteiger partial charge is 0.222 e. The molecule has 5 rings (SSSR count). The molecule has 7 nitrogen and oxygen atoms in total. The third-order valence-corrected chi connectivity index (χ3v) is 8.22. The topological polar surface area (TPSA) is 92.4 Å². The first-order valence-corrected chi connectivity index (χ1v) is 16.6. The predicted octanol–water partition coefficient (Wildman–Crippen LogP) is 5.59. The quantitative estimate of drug-likeness (QED) is 0.290. The fraction of sp³-hybridized carbons (Fsp3) is 0.267. The number of fused-ring (bicyclic) bond motifs is 3. The van der Waals surface area contributed by atoms with Crippen molar-refractivity contribution in [3.8, 4) is 16.8 Å². The van der Waals surface area contributed by atoms with Gasteiger partial charge >= 0.3 is 0 Å². The van der Waals surface area contributed by atoms with Crippen molar-refractivity contribution in [1.82, 2.24) is 20.1 Å². The highest BCUT2D eigenvalue weighted by Crippen LogP contribution is 2.35. The Bertz CT molecular complexity index is 1560. The van der Waals surface area contributed by atoms with Crippen LogP contribution >= 0.6 is 11.6 Å². The lowest BCUT2D eigenvalue weighted by atomic mass is 9.95. The van der Waals surface area contributed by atoms with E-state index < -0.39 is 14.4 Å². The Kier molecular flexibility index (Phi) is 7.53. The van der Waals surface area contributed by atoms with Crippen molar-refractivity contribution in [1.29, 1.82) is 0 Å². The molecule has 0 saturated carbocycles. The molecule has 0 saturated heterocycles. The number of aromatic nitrogens is 3. The summed E-state index contributed by atoms with van der Waals surface area (Å²) in [5.74, 6) is 1.27. The van der Waals surface area contributed by atoms with Crippen molar-refractivity contribution in [2.45, 2.75) is 45.4 Å². The Labute approximate surface area is 234 Å². The highest BCUT2D eigenvalue weighted by Gasteiger charge is 2.30. The van der Waals surface area contributed by atoms with Gasteiger partial charge in [0.05, 0.1) is 17.8 Å². The summed E-state index contributed by atoms with van der Waals surface area (Å²) < 4.78 is 2.01. The van der Waals surface area contributed by atoms with Crippen LogP contribution in [-0.4, -0.2) is 46.0 Å². The molecule has 39 heavy (non-hydrogen) atoms. The summed E-state index contributed by atoms with van der Waals surface area (Å²) in [5.41, 5.74) is 6.70. The molecule has 1 aliphatic rings. The number of nitrogens with zero attached hydrogens (tertiary/aromatic N) is 4. The van der Waals surface area contributed by atoms with Crippen molar-refractivity contribution >= 4 is 31.5 Å². The summed E-state index contributed by atoms with van der Waals surface area (Å²) in [6.07, 6.45) is 0.160. The fourth-order valence-electron chi connectivity index (χ4n) is 5.06. The van der Waals surface area contributed by atoms with E-state index in [1.807, 2.05) is 61.8 Å². The van der Waals surface area contributed by atoms with E-state index in [0.717, 1.165) is 45.0 Å². The molecule has 2 heterocycles. The van der Waals surface area contributed by atoms with Gasteiger partial charge in [0.15, 0.2) is 14.1 Å². The van der Waals surface area contributed by atoms with Crippen molar-refractivity contribution in [3.63, 3.8) is 0 Å². The van der Waals surface area contributed by atoms with E-state index in [1.165, 1.54) is 0 Å². The van der Waals surface area contributed by atoms with Gasteiger partial charge in [-0.05, 0) is 73.9 Å². The number of aryl methyl sites for hydroxylation is 1. The number of amides is 1. The molecule has 3 aromatic carbocycles. The maximum Gasteiger partial charge on any atom is 0.222 e. The Morgan fingerprint density at radius 2 is 1.74 bits per heavy atom. The molecule has 0 fully saturated rings. The fourth-order valence-corrected chi connectivity index (χ4v) is 6.40. The monoisotopic (exact) mass is 557 g/mol. The SMILES string of the molecule is CCNC(=O)C[C@@H]1N=C(c2ccc(Cl)cc2)c2cc(-c3cccc(C[Si](C)(C)O)c3)ccc2-n2c(C)nnc21. The number of aliphatic imine (C=N–C) groups is 1. The van der Waals surface area contributed by atoms with Crippen LogP contribution < -0.4 is 5.32 Å². The summed E-state index contributed by atoms with van der Waals surface area (Å²) in [6, 6.07) is 22.4. The van der Waals surface area contributed by atoms with E-state index in [2.05, 4.69) is 51.9 Å². The molecule has 0 aliphatic carbocycles. The number of carbonyl (C=O) groups is 1. The average molecular weight is 558 g/mol. The van der Waals surface area contributed by atoms with Gasteiger partial charge in [0, 0.05) is 22.7 Å². The third-order valence-electron chi connectivity index (χ3n) is 6.69.